The second-order valence-electron chi connectivity index (χ2n) is 32.1. The number of hydrogen-bond donors (Lipinski definition) is 2. The standard InChI is InChI=1S/C98H84N4O16/c1-51(2)55-17-27-61(28-18-55)113-79-43-71-83-72(96(106)101(95(71)105)91(93(103)99-37-39-109-47-65-49-111-65)59-25-35-69-67-13-9-11-15-75(67)117-77(69)41-59)45-81(115-63-31-21-57(22-32-63)53(5)6)87-88-82(116-64-33-23-58(24-34-64)54(7)8)46-74-84-73(44-80(86(90(84)88)85(79)89(83)87)114-62-29-19-56(20-30-62)52(3)4)97(107)102(98(74)108)92(94(104)100-38-40-110-48-66-50-112-66)60-26-36-70-68-14-10-12-16-76(68)118-78(70)42-60/h9-36,41-46,51-54,65-66,91-92H,37-40,47-50H2,1-8H3,(H,99,103)(H,100,104). The van der Waals surface area contributed by atoms with Crippen LogP contribution in [0.5, 0.6) is 46.0 Å². The Morgan fingerprint density at radius 1 is 0.347 bits per heavy atom. The molecule has 6 amide bonds. The summed E-state index contributed by atoms with van der Waals surface area (Å²) in [5, 5.41) is 11.1. The third-order valence-electron chi connectivity index (χ3n) is 23.0. The summed E-state index contributed by atoms with van der Waals surface area (Å²) in [6.45, 7) is 18.7. The predicted molar refractivity (Wildman–Crippen MR) is 451 cm³/mol. The van der Waals surface area contributed by atoms with Gasteiger partial charge in [0.1, 0.15) is 92.6 Å². The van der Waals surface area contributed by atoms with Gasteiger partial charge in [-0.15, -0.1) is 0 Å². The summed E-state index contributed by atoms with van der Waals surface area (Å²) in [6.07, 6.45) is -0.0868. The summed E-state index contributed by atoms with van der Waals surface area (Å²) >= 11 is 0. The van der Waals surface area contributed by atoms with Gasteiger partial charge in [0.15, 0.2) is 0 Å². The number of carbonyl (C=O) groups is 6. The minimum atomic E-state index is -1.64. The van der Waals surface area contributed by atoms with Gasteiger partial charge in [0.25, 0.3) is 23.6 Å². The number of epoxide rings is 2. The minimum absolute atomic E-state index is 0.00982. The Hall–Kier alpha value is -13.0. The van der Waals surface area contributed by atoms with Crippen molar-refractivity contribution in [3.8, 4) is 46.0 Å². The van der Waals surface area contributed by atoms with Gasteiger partial charge in [-0.2, -0.15) is 0 Å². The molecule has 592 valence electrons. The number of ether oxygens (including phenoxy) is 8. The molecule has 2 aromatic heterocycles. The normalized spacial score (nSPS) is 15.8. The zero-order valence-corrected chi connectivity index (χ0v) is 66.3. The number of rotatable bonds is 28. The molecule has 4 aliphatic rings. The number of hydrogen-bond acceptors (Lipinski definition) is 16. The third-order valence-corrected chi connectivity index (χ3v) is 23.0. The highest BCUT2D eigenvalue weighted by molar-refractivity contribution is 6.45. The molecule has 4 atom stereocenters. The minimum Gasteiger partial charge on any atom is -0.457 e. The summed E-state index contributed by atoms with van der Waals surface area (Å²) in [7, 11) is 0. The summed E-state index contributed by atoms with van der Waals surface area (Å²) in [4.78, 5) is 101. The molecule has 0 radical (unpaired) electrons. The lowest BCUT2D eigenvalue weighted by Crippen LogP contribution is -2.49. The number of furan rings is 2. The highest BCUT2D eigenvalue weighted by atomic mass is 16.6. The van der Waals surface area contributed by atoms with Gasteiger partial charge < -0.3 is 57.4 Å². The van der Waals surface area contributed by atoms with Crippen LogP contribution in [0, 0.1) is 0 Å². The molecule has 13 aromatic carbocycles. The van der Waals surface area contributed by atoms with Gasteiger partial charge in [0, 0.05) is 77.7 Å². The summed E-state index contributed by atoms with van der Waals surface area (Å²) in [5.74, 6) is -2.65. The van der Waals surface area contributed by atoms with Crippen LogP contribution in [-0.4, -0.2) is 110 Å². The number of carbonyl (C=O) groups excluding carboxylic acids is 6. The maximum atomic E-state index is 17.0. The van der Waals surface area contributed by atoms with Crippen molar-refractivity contribution in [1.29, 1.82) is 0 Å². The van der Waals surface area contributed by atoms with Crippen LogP contribution in [0.25, 0.3) is 87.0 Å². The van der Waals surface area contributed by atoms with Gasteiger partial charge in [-0.05, 0) is 154 Å². The Bertz CT molecular complexity index is 5940. The van der Waals surface area contributed by atoms with Crippen molar-refractivity contribution in [2.45, 2.75) is 103 Å². The van der Waals surface area contributed by atoms with Crippen molar-refractivity contribution in [1.82, 2.24) is 20.4 Å². The number of nitrogens with one attached hydrogen (secondary N) is 2. The highest BCUT2D eigenvalue weighted by Gasteiger charge is 2.48. The average Bonchev–Trinajstić information content (AvgIpc) is 0.709. The second-order valence-corrected chi connectivity index (χ2v) is 32.1. The van der Waals surface area contributed by atoms with Crippen LogP contribution in [0.1, 0.15) is 166 Å². The van der Waals surface area contributed by atoms with Crippen LogP contribution in [-0.2, 0) is 28.5 Å². The van der Waals surface area contributed by atoms with Crippen molar-refractivity contribution < 1.29 is 75.5 Å². The van der Waals surface area contributed by atoms with Crippen LogP contribution in [0.15, 0.2) is 215 Å². The van der Waals surface area contributed by atoms with E-state index in [0.29, 0.717) is 71.8 Å². The number of nitrogens with zero attached hydrogens (tertiary/aromatic N) is 2. The van der Waals surface area contributed by atoms with Gasteiger partial charge in [0.05, 0.1) is 61.9 Å². The maximum absolute atomic E-state index is 17.0. The molecule has 2 saturated heterocycles. The van der Waals surface area contributed by atoms with Crippen LogP contribution >= 0.6 is 0 Å². The topological polar surface area (TPSA) is 240 Å². The van der Waals surface area contributed by atoms with E-state index in [4.69, 9.17) is 46.7 Å². The summed E-state index contributed by atoms with van der Waals surface area (Å²) < 4.78 is 65.3. The lowest BCUT2D eigenvalue weighted by molar-refractivity contribution is -0.126. The third kappa shape index (κ3) is 13.6. The molecule has 2 fully saturated rings. The number of amides is 6. The molecule has 4 aliphatic heterocycles. The van der Waals surface area contributed by atoms with E-state index < -0.39 is 47.5 Å². The number of benzene rings is 13. The zero-order valence-electron chi connectivity index (χ0n) is 66.3. The van der Waals surface area contributed by atoms with Crippen LogP contribution in [0.2, 0.25) is 0 Å². The van der Waals surface area contributed by atoms with Crippen molar-refractivity contribution in [2.75, 3.05) is 52.7 Å². The van der Waals surface area contributed by atoms with Crippen LogP contribution in [0.4, 0.5) is 0 Å². The molecule has 15 aromatic rings. The lowest BCUT2D eigenvalue weighted by atomic mass is 9.80. The molecule has 0 spiro atoms. The van der Waals surface area contributed by atoms with Crippen molar-refractivity contribution in [3.05, 3.63) is 262 Å². The highest BCUT2D eigenvalue weighted by Crippen LogP contribution is 2.59. The molecule has 0 saturated carbocycles. The molecule has 20 nitrogen and oxygen atoms in total. The molecule has 20 heteroatoms. The van der Waals surface area contributed by atoms with Crippen molar-refractivity contribution in [3.63, 3.8) is 0 Å². The number of fused-ring (bicyclic) bond motifs is 8. The van der Waals surface area contributed by atoms with Gasteiger partial charge in [-0.3, -0.25) is 38.6 Å². The fraction of sp³-hybridized carbons (Fsp3) is 0.245. The lowest BCUT2D eigenvalue weighted by Gasteiger charge is -2.36. The van der Waals surface area contributed by atoms with E-state index in [2.05, 4.69) is 66.0 Å². The van der Waals surface area contributed by atoms with Crippen molar-refractivity contribution in [2.24, 2.45) is 0 Å². The van der Waals surface area contributed by atoms with Gasteiger partial charge in [-0.25, -0.2) is 0 Å². The first-order chi connectivity index (χ1) is 57.3. The molecule has 19 rings (SSSR count). The van der Waals surface area contributed by atoms with E-state index in [1.54, 1.807) is 48.5 Å². The Labute approximate surface area is 678 Å². The molecule has 0 aliphatic carbocycles. The fourth-order valence-corrected chi connectivity index (χ4v) is 16.6. The Morgan fingerprint density at radius 2 is 0.627 bits per heavy atom. The van der Waals surface area contributed by atoms with E-state index in [9.17, 15) is 0 Å². The van der Waals surface area contributed by atoms with Gasteiger partial charge >= 0.3 is 0 Å². The SMILES string of the molecule is CC(C)c1ccc(Oc2cc3c4c(cc(Oc5ccc(C(C)C)cc5)c5c6c(Oc7ccc(C(C)C)cc7)cc7c8c(cc(Oc9ccc(C(C)C)cc9)c(c2c45)c86)C(=O)N(C(C(=O)NCCOCC2CO2)c2ccc4c(c2)oc2ccccc24)C7=O)C(=O)N(C(C(=O)NCCOCC2CO2)c2ccc4c(c2)oc2ccccc24)C3=O)cc1. The second kappa shape index (κ2) is 30.3. The Kier molecular flexibility index (Phi) is 19.3. The van der Waals surface area contributed by atoms with E-state index in [1.165, 1.54) is 0 Å². The summed E-state index contributed by atoms with van der Waals surface area (Å²) in [5.41, 5.74) is 6.48. The van der Waals surface area contributed by atoms with E-state index >= 15 is 28.8 Å². The average molecular weight is 1570 g/mol. The molecule has 4 unspecified atom stereocenters. The largest absolute Gasteiger partial charge is 0.457 e. The predicted octanol–water partition coefficient (Wildman–Crippen LogP) is 20.9. The smallest absolute Gasteiger partial charge is 0.262 e. The molecule has 0 bridgehead atoms. The fourth-order valence-electron chi connectivity index (χ4n) is 16.6. The molecule has 118 heavy (non-hydrogen) atoms. The number of para-hydroxylation sites is 2. The molecule has 2 N–H and O–H groups in total. The monoisotopic (exact) mass is 1570 g/mol. The summed E-state index contributed by atoms with van der Waals surface area (Å²) in [6, 6.07) is 59.2. The van der Waals surface area contributed by atoms with E-state index in [1.807, 2.05) is 158 Å². The molecular weight excluding hydrogens is 1490 g/mol. The first-order valence-corrected chi connectivity index (χ1v) is 40.3. The van der Waals surface area contributed by atoms with E-state index in [-0.39, 0.29) is 162 Å². The van der Waals surface area contributed by atoms with Gasteiger partial charge in [-0.1, -0.05) is 165 Å². The van der Waals surface area contributed by atoms with Crippen molar-refractivity contribution >= 4 is 122 Å². The maximum Gasteiger partial charge on any atom is 0.262 e. The Morgan fingerprint density at radius 3 is 0.915 bits per heavy atom. The molecule has 6 heterocycles. The molecular formula is C98H84N4O16. The quantitative estimate of drug-likeness (QED) is 0.0152. The van der Waals surface area contributed by atoms with Gasteiger partial charge in [0.2, 0.25) is 11.8 Å². The van der Waals surface area contributed by atoms with Crippen LogP contribution in [0.3, 0.4) is 0 Å². The number of imide groups is 2. The first-order valence-electron chi connectivity index (χ1n) is 40.3. The van der Waals surface area contributed by atoms with E-state index in [0.717, 1.165) is 53.6 Å². The zero-order chi connectivity index (χ0) is 81.1. The Balaban J connectivity index is 0.908. The first kappa shape index (κ1) is 75.1. The van der Waals surface area contributed by atoms with Crippen LogP contribution < -0.4 is 29.6 Å².